The lowest BCUT2D eigenvalue weighted by Crippen LogP contribution is -2.19. The molecular weight excluding hydrogens is 244 g/mol. The minimum Gasteiger partial charge on any atom is -0.469 e. The molecule has 2 rings (SSSR count). The summed E-state index contributed by atoms with van der Waals surface area (Å²) in [4.78, 5) is 3.86. The van der Waals surface area contributed by atoms with E-state index in [1.54, 1.807) is 25.3 Å². The third-order valence-electron chi connectivity index (χ3n) is 1.88. The molecule has 1 heterocycles. The molecule has 7 heteroatoms. The van der Waals surface area contributed by atoms with E-state index in [1.807, 2.05) is 0 Å². The highest BCUT2D eigenvalue weighted by atomic mass is 32.2. The number of amidine groups is 1. The summed E-state index contributed by atoms with van der Waals surface area (Å²) in [5.74, 6) is 0. The lowest BCUT2D eigenvalue weighted by Gasteiger charge is -1.94. The van der Waals surface area contributed by atoms with Gasteiger partial charge in [0.2, 0.25) is 0 Å². The number of ether oxygens (including phenoxy) is 1. The molecular formula is C10H14N2O4S. The minimum absolute atomic E-state index is 0.0741. The van der Waals surface area contributed by atoms with E-state index in [0.717, 1.165) is 13.1 Å². The molecule has 0 amide bonds. The summed E-state index contributed by atoms with van der Waals surface area (Å²) >= 11 is 0. The first kappa shape index (κ1) is 13.5. The Labute approximate surface area is 100 Å². The quantitative estimate of drug-likeness (QED) is 0.717. The molecule has 0 fully saturated rings. The van der Waals surface area contributed by atoms with Crippen molar-refractivity contribution in [1.82, 2.24) is 5.32 Å². The van der Waals surface area contributed by atoms with Gasteiger partial charge in [-0.05, 0) is 12.1 Å². The zero-order chi connectivity index (χ0) is 12.7. The second-order valence-corrected chi connectivity index (χ2v) is 4.53. The molecule has 0 atom stereocenters. The van der Waals surface area contributed by atoms with Gasteiger partial charge in [0.25, 0.3) is 16.1 Å². The van der Waals surface area contributed by atoms with Crippen LogP contribution in [0.2, 0.25) is 0 Å². The van der Waals surface area contributed by atoms with E-state index >= 15 is 0 Å². The summed E-state index contributed by atoms with van der Waals surface area (Å²) in [5, 5.41) is 2.93. The van der Waals surface area contributed by atoms with E-state index in [-0.39, 0.29) is 4.90 Å². The second kappa shape index (κ2) is 6.21. The molecule has 0 aliphatic carbocycles. The van der Waals surface area contributed by atoms with Crippen LogP contribution in [0.25, 0.3) is 0 Å². The average molecular weight is 258 g/mol. The molecule has 0 aromatic heterocycles. The van der Waals surface area contributed by atoms with Gasteiger partial charge < -0.3 is 10.1 Å². The predicted octanol–water partition coefficient (Wildman–Crippen LogP) is 0.525. The number of nitrogens with zero attached hydrogens (tertiary/aromatic N) is 1. The van der Waals surface area contributed by atoms with Crippen molar-refractivity contribution in [1.29, 1.82) is 0 Å². The molecule has 1 aliphatic rings. The molecule has 0 bridgehead atoms. The number of methoxy groups -OCH3 is 1. The summed E-state index contributed by atoms with van der Waals surface area (Å²) < 4.78 is 34.0. The highest BCUT2D eigenvalue weighted by molar-refractivity contribution is 7.85. The van der Waals surface area contributed by atoms with Crippen LogP contribution in [0.1, 0.15) is 0 Å². The SMILES string of the molecule is COC1=NCCN1.O=S(=O)(O)c1ccccc1. The monoisotopic (exact) mass is 258 g/mol. The third kappa shape index (κ3) is 4.83. The van der Waals surface area contributed by atoms with Crippen LogP contribution >= 0.6 is 0 Å². The highest BCUT2D eigenvalue weighted by Crippen LogP contribution is 2.05. The first-order chi connectivity index (χ1) is 8.04. The number of hydrogen-bond acceptors (Lipinski definition) is 5. The molecule has 6 nitrogen and oxygen atoms in total. The van der Waals surface area contributed by atoms with E-state index < -0.39 is 10.1 Å². The Morgan fingerprint density at radius 2 is 2.00 bits per heavy atom. The van der Waals surface area contributed by atoms with Crippen molar-refractivity contribution in [2.75, 3.05) is 20.2 Å². The maximum Gasteiger partial charge on any atom is 0.294 e. The van der Waals surface area contributed by atoms with Gasteiger partial charge in [-0.15, -0.1) is 0 Å². The van der Waals surface area contributed by atoms with E-state index in [1.165, 1.54) is 12.1 Å². The van der Waals surface area contributed by atoms with Gasteiger partial charge in [-0.25, -0.2) is 4.99 Å². The maximum atomic E-state index is 10.4. The van der Waals surface area contributed by atoms with Crippen LogP contribution in [0.3, 0.4) is 0 Å². The Hall–Kier alpha value is -1.60. The summed E-state index contributed by atoms with van der Waals surface area (Å²) in [7, 11) is -2.39. The number of nitrogens with one attached hydrogen (secondary N) is 1. The molecule has 0 saturated carbocycles. The highest BCUT2D eigenvalue weighted by Gasteiger charge is 2.05. The van der Waals surface area contributed by atoms with Crippen LogP contribution in [0.5, 0.6) is 0 Å². The Morgan fingerprint density at radius 1 is 1.35 bits per heavy atom. The van der Waals surface area contributed by atoms with Crippen molar-refractivity contribution < 1.29 is 17.7 Å². The fraction of sp³-hybridized carbons (Fsp3) is 0.300. The van der Waals surface area contributed by atoms with Crippen molar-refractivity contribution in [3.05, 3.63) is 30.3 Å². The first-order valence-electron chi connectivity index (χ1n) is 4.89. The average Bonchev–Trinajstić information content (AvgIpc) is 2.83. The zero-order valence-corrected chi connectivity index (χ0v) is 10.1. The Bertz CT molecular complexity index is 470. The number of rotatable bonds is 1. The smallest absolute Gasteiger partial charge is 0.294 e. The molecule has 1 aromatic carbocycles. The van der Waals surface area contributed by atoms with Crippen molar-refractivity contribution in [3.8, 4) is 0 Å². The molecule has 2 N–H and O–H groups in total. The molecule has 1 aliphatic heterocycles. The van der Waals surface area contributed by atoms with Gasteiger partial charge >= 0.3 is 0 Å². The Balaban J connectivity index is 0.000000181. The van der Waals surface area contributed by atoms with Crippen molar-refractivity contribution in [2.24, 2.45) is 4.99 Å². The number of benzene rings is 1. The standard InChI is InChI=1S/C6H6O3S.C4H8N2O/c7-10(8,9)6-4-2-1-3-5-6;1-7-4-5-2-3-6-4/h1-5H,(H,7,8,9);2-3H2,1H3,(H,5,6). The van der Waals surface area contributed by atoms with Gasteiger partial charge in [0.1, 0.15) is 0 Å². The van der Waals surface area contributed by atoms with Gasteiger partial charge in [0, 0.05) is 6.54 Å². The van der Waals surface area contributed by atoms with Crippen molar-refractivity contribution in [3.63, 3.8) is 0 Å². The Morgan fingerprint density at radius 3 is 2.29 bits per heavy atom. The molecule has 1 aromatic rings. The molecule has 94 valence electrons. The largest absolute Gasteiger partial charge is 0.469 e. The normalized spacial score (nSPS) is 14.1. The number of aliphatic imine (C=N–C) groups is 1. The lowest BCUT2D eigenvalue weighted by molar-refractivity contribution is 0.388. The second-order valence-electron chi connectivity index (χ2n) is 3.11. The molecule has 17 heavy (non-hydrogen) atoms. The van der Waals surface area contributed by atoms with Crippen molar-refractivity contribution in [2.45, 2.75) is 4.90 Å². The van der Waals surface area contributed by atoms with Crippen LogP contribution in [0.4, 0.5) is 0 Å². The van der Waals surface area contributed by atoms with Crippen LogP contribution < -0.4 is 5.32 Å². The number of hydrogen-bond donors (Lipinski definition) is 2. The lowest BCUT2D eigenvalue weighted by atomic mass is 10.4. The van der Waals surface area contributed by atoms with Gasteiger partial charge in [-0.2, -0.15) is 8.42 Å². The maximum absolute atomic E-state index is 10.4. The summed E-state index contributed by atoms with van der Waals surface area (Å²) in [6, 6.07) is 8.09. The van der Waals surface area contributed by atoms with Gasteiger partial charge in [-0.3, -0.25) is 4.55 Å². The minimum atomic E-state index is -4.00. The first-order valence-corrected chi connectivity index (χ1v) is 6.33. The summed E-state index contributed by atoms with van der Waals surface area (Å²) in [6.07, 6.45) is 0. The fourth-order valence-corrected chi connectivity index (χ4v) is 1.61. The van der Waals surface area contributed by atoms with Crippen molar-refractivity contribution >= 4 is 16.1 Å². The summed E-state index contributed by atoms with van der Waals surface area (Å²) in [5.41, 5.74) is 0. The molecule has 0 saturated heterocycles. The van der Waals surface area contributed by atoms with Gasteiger partial charge in [0.15, 0.2) is 0 Å². The van der Waals surface area contributed by atoms with Crippen LogP contribution in [-0.2, 0) is 14.9 Å². The topological polar surface area (TPSA) is 88.0 Å². The predicted molar refractivity (Wildman–Crippen MR) is 63.6 cm³/mol. The molecule has 0 unspecified atom stereocenters. The Kier molecular flexibility index (Phi) is 4.92. The fourth-order valence-electron chi connectivity index (χ4n) is 1.11. The molecule has 0 radical (unpaired) electrons. The zero-order valence-electron chi connectivity index (χ0n) is 9.33. The third-order valence-corrected chi connectivity index (χ3v) is 2.75. The van der Waals surface area contributed by atoms with Crippen LogP contribution in [-0.4, -0.2) is 39.2 Å². The van der Waals surface area contributed by atoms with Gasteiger partial charge in [0.05, 0.1) is 18.6 Å². The van der Waals surface area contributed by atoms with E-state index in [9.17, 15) is 8.42 Å². The van der Waals surface area contributed by atoms with E-state index in [2.05, 4.69) is 10.3 Å². The summed E-state index contributed by atoms with van der Waals surface area (Å²) in [6.45, 7) is 1.77. The van der Waals surface area contributed by atoms with E-state index in [4.69, 9.17) is 9.29 Å². The van der Waals surface area contributed by atoms with Crippen LogP contribution in [0.15, 0.2) is 40.2 Å². The van der Waals surface area contributed by atoms with Crippen LogP contribution in [0, 0.1) is 0 Å². The molecule has 0 spiro atoms. The van der Waals surface area contributed by atoms with Gasteiger partial charge in [-0.1, -0.05) is 18.2 Å². The van der Waals surface area contributed by atoms with E-state index in [0.29, 0.717) is 6.02 Å².